The van der Waals surface area contributed by atoms with Crippen LogP contribution in [0.2, 0.25) is 0 Å². The van der Waals surface area contributed by atoms with Crippen LogP contribution in [-0.2, 0) is 5.41 Å². The summed E-state index contributed by atoms with van der Waals surface area (Å²) in [4.78, 5) is 15.5. The van der Waals surface area contributed by atoms with Crippen molar-refractivity contribution in [3.63, 3.8) is 0 Å². The van der Waals surface area contributed by atoms with Gasteiger partial charge in [0.2, 0.25) is 0 Å². The van der Waals surface area contributed by atoms with Crippen molar-refractivity contribution in [2.24, 2.45) is 0 Å². The monoisotopic (exact) mass is 615 g/mol. The Morgan fingerprint density at radius 2 is 1.04 bits per heavy atom. The fourth-order valence-corrected chi connectivity index (χ4v) is 7.83. The molecule has 226 valence electrons. The second kappa shape index (κ2) is 9.93. The van der Waals surface area contributed by atoms with Crippen LogP contribution in [0.15, 0.2) is 144 Å². The molecule has 0 bridgehead atoms. The third-order valence-electron chi connectivity index (χ3n) is 10.1. The molecule has 2 aromatic heterocycles. The first-order chi connectivity index (χ1) is 23.6. The lowest BCUT2D eigenvalue weighted by Gasteiger charge is -2.21. The third-order valence-corrected chi connectivity index (χ3v) is 10.1. The third kappa shape index (κ3) is 3.80. The van der Waals surface area contributed by atoms with Gasteiger partial charge in [-0.15, -0.1) is 0 Å². The summed E-state index contributed by atoms with van der Waals surface area (Å²) in [6, 6.07) is 48.8. The zero-order valence-electron chi connectivity index (χ0n) is 26.5. The van der Waals surface area contributed by atoms with Gasteiger partial charge < -0.3 is 4.42 Å². The summed E-state index contributed by atoms with van der Waals surface area (Å²) in [7, 11) is 0. The number of para-hydroxylation sites is 1. The molecule has 0 unspecified atom stereocenters. The number of aromatic nitrogens is 3. The Morgan fingerprint density at radius 1 is 0.438 bits per heavy atom. The van der Waals surface area contributed by atoms with Crippen molar-refractivity contribution >= 4 is 43.5 Å². The molecule has 0 amide bonds. The molecule has 0 N–H and O–H groups in total. The maximum atomic E-state index is 6.70. The first kappa shape index (κ1) is 27.0. The standard InChI is InChI=1S/C44H29N3O/c1-44(2)35-21-10-8-16-29(35)34-25-27(23-24-36(34)44)42-45-41(26-13-4-3-5-14-26)46-43(47-42)33-20-12-19-31-28-15-6-7-17-30(28)38-32-18-9-11-22-37(32)48-40(38)39(31)33/h3-25H,1-2H3. The number of nitrogens with zero attached hydrogens (tertiary/aromatic N) is 3. The first-order valence-corrected chi connectivity index (χ1v) is 16.4. The number of benzene rings is 7. The summed E-state index contributed by atoms with van der Waals surface area (Å²) < 4.78 is 6.70. The van der Waals surface area contributed by atoms with Crippen molar-refractivity contribution in [3.05, 3.63) is 151 Å². The molecular weight excluding hydrogens is 587 g/mol. The van der Waals surface area contributed by atoms with Gasteiger partial charge in [0.15, 0.2) is 17.5 Å². The van der Waals surface area contributed by atoms with E-state index in [-0.39, 0.29) is 5.41 Å². The first-order valence-electron chi connectivity index (χ1n) is 16.4. The lowest BCUT2D eigenvalue weighted by Crippen LogP contribution is -2.14. The molecule has 0 atom stereocenters. The molecule has 0 saturated heterocycles. The van der Waals surface area contributed by atoms with Crippen LogP contribution < -0.4 is 0 Å². The highest BCUT2D eigenvalue weighted by molar-refractivity contribution is 6.32. The number of furan rings is 1. The van der Waals surface area contributed by atoms with E-state index in [1.165, 1.54) is 33.0 Å². The number of fused-ring (bicyclic) bond motifs is 11. The Hall–Kier alpha value is -6.13. The average Bonchev–Trinajstić information content (AvgIpc) is 3.64. The van der Waals surface area contributed by atoms with Crippen molar-refractivity contribution < 1.29 is 4.42 Å². The zero-order valence-corrected chi connectivity index (χ0v) is 26.5. The predicted molar refractivity (Wildman–Crippen MR) is 196 cm³/mol. The molecule has 4 nitrogen and oxygen atoms in total. The zero-order chi connectivity index (χ0) is 32.0. The molecule has 4 heteroatoms. The predicted octanol–water partition coefficient (Wildman–Crippen LogP) is 11.4. The minimum atomic E-state index is -0.0758. The second-order valence-corrected chi connectivity index (χ2v) is 13.2. The summed E-state index contributed by atoms with van der Waals surface area (Å²) in [5.74, 6) is 1.89. The maximum Gasteiger partial charge on any atom is 0.164 e. The molecule has 0 aliphatic heterocycles. The Kier molecular flexibility index (Phi) is 5.59. The number of hydrogen-bond donors (Lipinski definition) is 0. The van der Waals surface area contributed by atoms with Crippen molar-refractivity contribution in [1.82, 2.24) is 15.0 Å². The molecule has 0 spiro atoms. The van der Waals surface area contributed by atoms with Gasteiger partial charge in [0.1, 0.15) is 11.2 Å². The van der Waals surface area contributed by atoms with Crippen molar-refractivity contribution in [2.45, 2.75) is 19.3 Å². The molecule has 48 heavy (non-hydrogen) atoms. The molecule has 0 radical (unpaired) electrons. The molecule has 1 aliphatic rings. The van der Waals surface area contributed by atoms with Gasteiger partial charge in [-0.3, -0.25) is 0 Å². The van der Waals surface area contributed by atoms with Crippen LogP contribution in [0.25, 0.3) is 88.8 Å². The van der Waals surface area contributed by atoms with E-state index in [2.05, 4.69) is 123 Å². The van der Waals surface area contributed by atoms with Gasteiger partial charge >= 0.3 is 0 Å². The second-order valence-electron chi connectivity index (χ2n) is 13.2. The van der Waals surface area contributed by atoms with Crippen LogP contribution in [0.3, 0.4) is 0 Å². The van der Waals surface area contributed by atoms with Crippen LogP contribution in [-0.4, -0.2) is 15.0 Å². The Labute approximate surface area is 277 Å². The van der Waals surface area contributed by atoms with Gasteiger partial charge in [-0.2, -0.15) is 0 Å². The molecule has 10 rings (SSSR count). The fraction of sp³-hybridized carbons (Fsp3) is 0.0682. The highest BCUT2D eigenvalue weighted by Gasteiger charge is 2.35. The van der Waals surface area contributed by atoms with Gasteiger partial charge in [-0.05, 0) is 50.5 Å². The minimum Gasteiger partial charge on any atom is -0.455 e. The quantitative estimate of drug-likeness (QED) is 0.186. The lowest BCUT2D eigenvalue weighted by molar-refractivity contribution is 0.660. The Morgan fingerprint density at radius 3 is 1.90 bits per heavy atom. The smallest absolute Gasteiger partial charge is 0.164 e. The molecule has 1 aliphatic carbocycles. The average molecular weight is 616 g/mol. The number of hydrogen-bond acceptors (Lipinski definition) is 4. The van der Waals surface area contributed by atoms with Crippen LogP contribution >= 0.6 is 0 Å². The van der Waals surface area contributed by atoms with Crippen LogP contribution in [0.5, 0.6) is 0 Å². The van der Waals surface area contributed by atoms with E-state index in [0.29, 0.717) is 17.5 Å². The maximum absolute atomic E-state index is 6.70. The molecule has 2 heterocycles. The van der Waals surface area contributed by atoms with Gasteiger partial charge in [-0.1, -0.05) is 141 Å². The SMILES string of the molecule is CC1(C)c2ccccc2-c2cc(-c3nc(-c4ccccc4)nc(-c4cccc5c6ccccc6c6c7ccccc7oc6c45)n3)ccc21. The van der Waals surface area contributed by atoms with Crippen LogP contribution in [0.1, 0.15) is 25.0 Å². The van der Waals surface area contributed by atoms with E-state index >= 15 is 0 Å². The van der Waals surface area contributed by atoms with Gasteiger partial charge in [-0.25, -0.2) is 15.0 Å². The van der Waals surface area contributed by atoms with Crippen molar-refractivity contribution in [2.75, 3.05) is 0 Å². The van der Waals surface area contributed by atoms with Gasteiger partial charge in [0.05, 0.1) is 0 Å². The van der Waals surface area contributed by atoms with E-state index in [1.807, 2.05) is 30.3 Å². The largest absolute Gasteiger partial charge is 0.455 e. The number of rotatable bonds is 3. The topological polar surface area (TPSA) is 51.8 Å². The Bertz CT molecular complexity index is 2760. The lowest BCUT2D eigenvalue weighted by atomic mass is 9.82. The van der Waals surface area contributed by atoms with Gasteiger partial charge in [0.25, 0.3) is 0 Å². The van der Waals surface area contributed by atoms with Crippen LogP contribution in [0, 0.1) is 0 Å². The van der Waals surface area contributed by atoms with E-state index in [0.717, 1.165) is 49.4 Å². The minimum absolute atomic E-state index is 0.0758. The van der Waals surface area contributed by atoms with E-state index < -0.39 is 0 Å². The van der Waals surface area contributed by atoms with Crippen molar-refractivity contribution in [3.8, 4) is 45.3 Å². The highest BCUT2D eigenvalue weighted by atomic mass is 16.3. The highest BCUT2D eigenvalue weighted by Crippen LogP contribution is 2.49. The van der Waals surface area contributed by atoms with Crippen LogP contribution in [0.4, 0.5) is 0 Å². The molecule has 0 saturated carbocycles. The normalized spacial score (nSPS) is 13.4. The summed E-state index contributed by atoms with van der Waals surface area (Å²) in [5, 5.41) is 6.66. The fourth-order valence-electron chi connectivity index (χ4n) is 7.83. The van der Waals surface area contributed by atoms with E-state index in [4.69, 9.17) is 19.4 Å². The molecular formula is C44H29N3O. The summed E-state index contributed by atoms with van der Waals surface area (Å²) in [6.45, 7) is 4.60. The van der Waals surface area contributed by atoms with E-state index in [1.54, 1.807) is 0 Å². The van der Waals surface area contributed by atoms with Gasteiger partial charge in [0, 0.05) is 38.3 Å². The Balaban J connectivity index is 1.28. The molecule has 9 aromatic rings. The summed E-state index contributed by atoms with van der Waals surface area (Å²) in [5.41, 5.74) is 9.61. The summed E-state index contributed by atoms with van der Waals surface area (Å²) >= 11 is 0. The summed E-state index contributed by atoms with van der Waals surface area (Å²) in [6.07, 6.45) is 0. The molecule has 0 fully saturated rings. The van der Waals surface area contributed by atoms with Crippen molar-refractivity contribution in [1.29, 1.82) is 0 Å². The molecule has 7 aromatic carbocycles. The van der Waals surface area contributed by atoms with E-state index in [9.17, 15) is 0 Å².